The van der Waals surface area contributed by atoms with Gasteiger partial charge >= 0.3 is 0 Å². The van der Waals surface area contributed by atoms with Crippen molar-refractivity contribution in [1.82, 2.24) is 0 Å². The van der Waals surface area contributed by atoms with Crippen LogP contribution in [-0.4, -0.2) is 23.5 Å². The molecule has 1 atom stereocenters. The highest BCUT2D eigenvalue weighted by molar-refractivity contribution is 8.01. The summed E-state index contributed by atoms with van der Waals surface area (Å²) in [4.78, 5) is 26.8. The largest absolute Gasteiger partial charge is 0.310 e. The van der Waals surface area contributed by atoms with Crippen molar-refractivity contribution in [3.8, 4) is 0 Å². The molecule has 0 spiro atoms. The maximum atomic E-state index is 12.4. The second kappa shape index (κ2) is 5.78. The molecular formula is C15H19NO2S. The van der Waals surface area contributed by atoms with Crippen molar-refractivity contribution in [3.05, 3.63) is 23.8 Å². The lowest BCUT2D eigenvalue weighted by Gasteiger charge is -2.33. The van der Waals surface area contributed by atoms with Crippen LogP contribution >= 0.6 is 11.8 Å². The summed E-state index contributed by atoms with van der Waals surface area (Å²) >= 11 is 1.61. The number of amides is 1. The number of anilines is 1. The van der Waals surface area contributed by atoms with Crippen LogP contribution in [0, 0.1) is 0 Å². The Balaban J connectivity index is 2.47. The Morgan fingerprint density at radius 2 is 2.11 bits per heavy atom. The molecule has 0 aliphatic carbocycles. The van der Waals surface area contributed by atoms with E-state index in [9.17, 15) is 9.59 Å². The molecule has 3 nitrogen and oxygen atoms in total. The molecule has 0 saturated heterocycles. The zero-order chi connectivity index (χ0) is 14.0. The molecule has 0 fully saturated rings. The molecule has 1 aliphatic heterocycles. The molecule has 1 amide bonds. The molecule has 0 saturated carbocycles. The highest BCUT2D eigenvalue weighted by atomic mass is 32.2. The van der Waals surface area contributed by atoms with Gasteiger partial charge in [0.15, 0.2) is 5.78 Å². The van der Waals surface area contributed by atoms with Gasteiger partial charge in [0.2, 0.25) is 5.91 Å². The number of rotatable bonds is 4. The van der Waals surface area contributed by atoms with Gasteiger partial charge in [-0.25, -0.2) is 0 Å². The van der Waals surface area contributed by atoms with Crippen molar-refractivity contribution in [2.24, 2.45) is 0 Å². The van der Waals surface area contributed by atoms with Gasteiger partial charge in [-0.15, -0.1) is 11.8 Å². The maximum Gasteiger partial charge on any atom is 0.240 e. The zero-order valence-corrected chi connectivity index (χ0v) is 12.4. The molecule has 0 bridgehead atoms. The second-order valence-electron chi connectivity index (χ2n) is 4.74. The van der Waals surface area contributed by atoms with E-state index in [1.165, 1.54) is 0 Å². The standard InChI is InChI=1S/C15H19NO2S/c1-4-8-16-12-9-11(10(3)17)6-7-14(12)19-13(5-2)15(16)18/h6-7,9,13H,4-5,8H2,1-3H3. The second-order valence-corrected chi connectivity index (χ2v) is 5.99. The maximum absolute atomic E-state index is 12.4. The number of fused-ring (bicyclic) bond motifs is 1. The van der Waals surface area contributed by atoms with Crippen molar-refractivity contribution in [1.29, 1.82) is 0 Å². The fraction of sp³-hybridized carbons (Fsp3) is 0.467. The summed E-state index contributed by atoms with van der Waals surface area (Å²) < 4.78 is 0. The normalized spacial score (nSPS) is 18.4. The summed E-state index contributed by atoms with van der Waals surface area (Å²) in [5, 5.41) is 0.00206. The predicted molar refractivity (Wildman–Crippen MR) is 79.0 cm³/mol. The number of ketones is 1. The van der Waals surface area contributed by atoms with Crippen molar-refractivity contribution < 1.29 is 9.59 Å². The van der Waals surface area contributed by atoms with Gasteiger partial charge in [-0.1, -0.05) is 19.9 Å². The molecule has 0 aromatic heterocycles. The molecule has 102 valence electrons. The van der Waals surface area contributed by atoms with Gasteiger partial charge in [0.25, 0.3) is 0 Å². The fourth-order valence-electron chi connectivity index (χ4n) is 2.26. The highest BCUT2D eigenvalue weighted by Crippen LogP contribution is 2.40. The van der Waals surface area contributed by atoms with Gasteiger partial charge in [0.1, 0.15) is 0 Å². The van der Waals surface area contributed by atoms with E-state index in [4.69, 9.17) is 0 Å². The molecule has 0 N–H and O–H groups in total. The summed E-state index contributed by atoms with van der Waals surface area (Å²) in [6.45, 7) is 6.36. The van der Waals surface area contributed by atoms with Gasteiger partial charge in [0.05, 0.1) is 10.9 Å². The third-order valence-corrected chi connectivity index (χ3v) is 4.70. The lowest BCUT2D eigenvalue weighted by molar-refractivity contribution is -0.118. The Labute approximate surface area is 118 Å². The van der Waals surface area contributed by atoms with Crippen LogP contribution in [0.4, 0.5) is 5.69 Å². The topological polar surface area (TPSA) is 37.4 Å². The number of nitrogens with zero attached hydrogens (tertiary/aromatic N) is 1. The Hall–Kier alpha value is -1.29. The molecule has 2 rings (SSSR count). The third-order valence-electron chi connectivity index (χ3n) is 3.28. The quantitative estimate of drug-likeness (QED) is 0.790. The monoisotopic (exact) mass is 277 g/mol. The molecule has 1 aliphatic rings. The van der Waals surface area contributed by atoms with E-state index in [1.54, 1.807) is 18.7 Å². The van der Waals surface area contributed by atoms with Crippen LogP contribution in [0.1, 0.15) is 44.0 Å². The molecule has 19 heavy (non-hydrogen) atoms. The lowest BCUT2D eigenvalue weighted by atomic mass is 10.1. The van der Waals surface area contributed by atoms with E-state index in [0.29, 0.717) is 12.1 Å². The molecule has 1 heterocycles. The lowest BCUT2D eigenvalue weighted by Crippen LogP contribution is -2.41. The summed E-state index contributed by atoms with van der Waals surface area (Å²) in [5.74, 6) is 0.205. The van der Waals surface area contributed by atoms with Crippen LogP contribution in [0.2, 0.25) is 0 Å². The summed E-state index contributed by atoms with van der Waals surface area (Å²) in [6, 6.07) is 5.67. The van der Waals surface area contributed by atoms with E-state index < -0.39 is 0 Å². The Morgan fingerprint density at radius 3 is 2.68 bits per heavy atom. The van der Waals surface area contributed by atoms with Crippen molar-refractivity contribution in [3.63, 3.8) is 0 Å². The highest BCUT2D eigenvalue weighted by Gasteiger charge is 2.32. The summed E-state index contributed by atoms with van der Waals surface area (Å²) in [7, 11) is 0. The average Bonchev–Trinajstić information content (AvgIpc) is 2.41. The first-order valence-corrected chi connectivity index (χ1v) is 7.59. The van der Waals surface area contributed by atoms with Gasteiger partial charge < -0.3 is 4.90 Å². The molecule has 1 aromatic carbocycles. The molecule has 0 radical (unpaired) electrons. The number of hydrogen-bond donors (Lipinski definition) is 0. The fourth-order valence-corrected chi connectivity index (χ4v) is 3.39. The van der Waals surface area contributed by atoms with Crippen LogP contribution in [-0.2, 0) is 4.79 Å². The Bertz CT molecular complexity index is 513. The molecular weight excluding hydrogens is 258 g/mol. The van der Waals surface area contributed by atoms with Gasteiger partial charge in [-0.3, -0.25) is 9.59 Å². The number of Topliss-reactive ketones (excluding diaryl/α,β-unsaturated/α-hetero) is 1. The van der Waals surface area contributed by atoms with Crippen LogP contribution < -0.4 is 4.90 Å². The minimum absolute atomic E-state index is 0.00206. The van der Waals surface area contributed by atoms with Gasteiger partial charge in [0, 0.05) is 17.0 Å². The van der Waals surface area contributed by atoms with Crippen molar-refractivity contribution in [2.45, 2.75) is 43.8 Å². The minimum Gasteiger partial charge on any atom is -0.310 e. The van der Waals surface area contributed by atoms with E-state index >= 15 is 0 Å². The van der Waals surface area contributed by atoms with E-state index in [2.05, 4.69) is 6.92 Å². The first-order valence-electron chi connectivity index (χ1n) is 6.71. The third kappa shape index (κ3) is 2.68. The van der Waals surface area contributed by atoms with Crippen LogP contribution in [0.3, 0.4) is 0 Å². The first-order chi connectivity index (χ1) is 9.08. The summed E-state index contributed by atoms with van der Waals surface area (Å²) in [5.41, 5.74) is 1.57. The minimum atomic E-state index is 0.00206. The Kier molecular flexibility index (Phi) is 4.30. The SMILES string of the molecule is CCCN1C(=O)C(CC)Sc2ccc(C(C)=O)cc21. The first kappa shape index (κ1) is 14.1. The Morgan fingerprint density at radius 1 is 1.37 bits per heavy atom. The van der Waals surface area contributed by atoms with Gasteiger partial charge in [-0.05, 0) is 31.9 Å². The van der Waals surface area contributed by atoms with Gasteiger partial charge in [-0.2, -0.15) is 0 Å². The number of carbonyl (C=O) groups excluding carboxylic acids is 2. The van der Waals surface area contributed by atoms with Crippen LogP contribution in [0.15, 0.2) is 23.1 Å². The zero-order valence-electron chi connectivity index (χ0n) is 11.6. The van der Waals surface area contributed by atoms with E-state index in [-0.39, 0.29) is 16.9 Å². The molecule has 1 aromatic rings. The number of hydrogen-bond acceptors (Lipinski definition) is 3. The van der Waals surface area contributed by atoms with E-state index in [0.717, 1.165) is 23.4 Å². The van der Waals surface area contributed by atoms with Crippen LogP contribution in [0.25, 0.3) is 0 Å². The average molecular weight is 277 g/mol. The number of thioether (sulfide) groups is 1. The van der Waals surface area contributed by atoms with Crippen LogP contribution in [0.5, 0.6) is 0 Å². The molecule has 4 heteroatoms. The predicted octanol–water partition coefficient (Wildman–Crippen LogP) is 3.52. The number of carbonyl (C=O) groups is 2. The van der Waals surface area contributed by atoms with Crippen molar-refractivity contribution >= 4 is 29.1 Å². The smallest absolute Gasteiger partial charge is 0.240 e. The number of benzene rings is 1. The molecule has 1 unspecified atom stereocenters. The van der Waals surface area contributed by atoms with Crippen molar-refractivity contribution in [2.75, 3.05) is 11.4 Å². The summed E-state index contributed by atoms with van der Waals surface area (Å²) in [6.07, 6.45) is 1.74. The van der Waals surface area contributed by atoms with E-state index in [1.807, 2.05) is 30.0 Å².